The van der Waals surface area contributed by atoms with E-state index in [1.807, 2.05) is 0 Å². The van der Waals surface area contributed by atoms with Gasteiger partial charge in [-0.05, 0) is 42.5 Å². The van der Waals surface area contributed by atoms with Crippen LogP contribution in [-0.4, -0.2) is 36.0 Å². The summed E-state index contributed by atoms with van der Waals surface area (Å²) in [5.74, 6) is -4.02. The third kappa shape index (κ3) is 4.42. The van der Waals surface area contributed by atoms with Gasteiger partial charge in [0.25, 0.3) is 17.5 Å². The van der Waals surface area contributed by atoms with E-state index in [0.29, 0.717) is 12.1 Å². The van der Waals surface area contributed by atoms with Gasteiger partial charge in [0.2, 0.25) is 0 Å². The Kier molecular flexibility index (Phi) is 5.72. The highest BCUT2D eigenvalue weighted by Crippen LogP contribution is 2.36. The van der Waals surface area contributed by atoms with E-state index in [1.165, 1.54) is 22.8 Å². The van der Waals surface area contributed by atoms with Gasteiger partial charge in [0.1, 0.15) is 5.75 Å². The maximum absolute atomic E-state index is 13.9. The molecular formula is C18H10ClF6N3O4. The fourth-order valence-corrected chi connectivity index (χ4v) is 2.97. The van der Waals surface area contributed by atoms with Gasteiger partial charge >= 0.3 is 18.6 Å². The second-order valence-electron chi connectivity index (χ2n) is 6.32. The van der Waals surface area contributed by atoms with Gasteiger partial charge in [0.05, 0.1) is 5.69 Å². The summed E-state index contributed by atoms with van der Waals surface area (Å²) < 4.78 is 82.1. The van der Waals surface area contributed by atoms with E-state index >= 15 is 0 Å². The van der Waals surface area contributed by atoms with Gasteiger partial charge in [-0.1, -0.05) is 17.7 Å². The molecule has 2 aromatic carbocycles. The molecule has 170 valence electrons. The minimum atomic E-state index is -5.48. The van der Waals surface area contributed by atoms with Crippen LogP contribution in [0.2, 0.25) is 5.02 Å². The van der Waals surface area contributed by atoms with E-state index in [0.717, 1.165) is 24.3 Å². The number of carbonyl (C=O) groups is 3. The van der Waals surface area contributed by atoms with Crippen LogP contribution in [0.1, 0.15) is 10.4 Å². The smallest absolute Gasteiger partial charge is 0.406 e. The lowest BCUT2D eigenvalue weighted by Gasteiger charge is -2.29. The Morgan fingerprint density at radius 3 is 2.19 bits per heavy atom. The molecule has 0 bridgehead atoms. The monoisotopic (exact) mass is 481 g/mol. The van der Waals surface area contributed by atoms with Gasteiger partial charge in [-0.3, -0.25) is 14.9 Å². The minimum absolute atomic E-state index is 0.0308. The molecule has 0 saturated carbocycles. The molecule has 1 unspecified atom stereocenters. The first kappa shape index (κ1) is 23.2. The molecule has 2 N–H and O–H groups in total. The van der Waals surface area contributed by atoms with Crippen molar-refractivity contribution in [1.29, 1.82) is 0 Å². The van der Waals surface area contributed by atoms with E-state index in [2.05, 4.69) is 4.74 Å². The van der Waals surface area contributed by atoms with E-state index < -0.39 is 47.5 Å². The molecule has 7 nitrogen and oxygen atoms in total. The topological polar surface area (TPSA) is 87.7 Å². The summed E-state index contributed by atoms with van der Waals surface area (Å²) in [5, 5.41) is 2.92. The van der Waals surface area contributed by atoms with Crippen molar-refractivity contribution >= 4 is 35.1 Å². The standard InChI is InChI=1S/C18H10ClF6N3O4/c19-10-3-1-2-9(8-10)13(29)26-16(17(20,21)22)14(30)28(15(31)27-16)11-4-6-12(7-5-11)32-18(23,24)25/h1-8H,(H,26,29)(H,27,31). The summed E-state index contributed by atoms with van der Waals surface area (Å²) in [5.41, 5.74) is -4.65. The van der Waals surface area contributed by atoms with Gasteiger partial charge in [-0.15, -0.1) is 13.2 Å². The maximum Gasteiger partial charge on any atom is 0.573 e. The first-order valence-electron chi connectivity index (χ1n) is 8.41. The number of urea groups is 1. The summed E-state index contributed by atoms with van der Waals surface area (Å²) in [6, 6.07) is 6.17. The number of hydrogen-bond donors (Lipinski definition) is 2. The number of rotatable bonds is 4. The van der Waals surface area contributed by atoms with E-state index in [1.54, 1.807) is 0 Å². The predicted molar refractivity (Wildman–Crippen MR) is 96.8 cm³/mol. The number of nitrogens with zero attached hydrogens (tertiary/aromatic N) is 1. The Labute approximate surface area is 179 Å². The van der Waals surface area contributed by atoms with Gasteiger partial charge < -0.3 is 10.1 Å². The van der Waals surface area contributed by atoms with Crippen LogP contribution in [-0.2, 0) is 4.79 Å². The fraction of sp³-hybridized carbons (Fsp3) is 0.167. The Hall–Kier alpha value is -3.48. The highest BCUT2D eigenvalue weighted by Gasteiger charge is 2.69. The molecule has 0 radical (unpaired) electrons. The number of nitrogens with one attached hydrogen (secondary N) is 2. The van der Waals surface area contributed by atoms with Crippen LogP contribution in [0.25, 0.3) is 0 Å². The van der Waals surface area contributed by atoms with E-state index in [4.69, 9.17) is 11.6 Å². The van der Waals surface area contributed by atoms with Crippen LogP contribution in [0.5, 0.6) is 5.75 Å². The quantitative estimate of drug-likeness (QED) is 0.511. The average molecular weight is 482 g/mol. The number of carbonyl (C=O) groups excluding carboxylic acids is 3. The number of ether oxygens (including phenoxy) is 1. The molecule has 0 aliphatic carbocycles. The molecule has 1 heterocycles. The molecule has 1 aliphatic heterocycles. The summed E-state index contributed by atoms with van der Waals surface area (Å²) in [7, 11) is 0. The van der Waals surface area contributed by atoms with Crippen LogP contribution >= 0.6 is 11.6 Å². The van der Waals surface area contributed by atoms with Crippen LogP contribution < -0.4 is 20.3 Å². The minimum Gasteiger partial charge on any atom is -0.406 e. The zero-order valence-electron chi connectivity index (χ0n) is 15.3. The second-order valence-corrected chi connectivity index (χ2v) is 6.76. The molecule has 3 rings (SSSR count). The largest absolute Gasteiger partial charge is 0.573 e. The highest BCUT2D eigenvalue weighted by atomic mass is 35.5. The third-order valence-corrected chi connectivity index (χ3v) is 4.40. The number of anilines is 1. The number of halogens is 7. The van der Waals surface area contributed by atoms with Gasteiger partial charge in [-0.2, -0.15) is 13.2 Å². The van der Waals surface area contributed by atoms with Gasteiger partial charge in [0.15, 0.2) is 0 Å². The summed E-state index contributed by atoms with van der Waals surface area (Å²) >= 11 is 5.71. The zero-order valence-corrected chi connectivity index (χ0v) is 16.1. The summed E-state index contributed by atoms with van der Waals surface area (Å²) in [6.45, 7) is 0. The van der Waals surface area contributed by atoms with Crippen molar-refractivity contribution in [2.24, 2.45) is 0 Å². The van der Waals surface area contributed by atoms with Crippen molar-refractivity contribution in [1.82, 2.24) is 10.6 Å². The van der Waals surface area contributed by atoms with Crippen molar-refractivity contribution < 1.29 is 45.5 Å². The number of hydrogen-bond acceptors (Lipinski definition) is 4. The number of alkyl halides is 6. The molecule has 1 fully saturated rings. The van der Waals surface area contributed by atoms with Crippen molar-refractivity contribution in [2.45, 2.75) is 18.2 Å². The first-order valence-corrected chi connectivity index (χ1v) is 8.79. The molecule has 0 spiro atoms. The molecular weight excluding hydrogens is 472 g/mol. The number of benzene rings is 2. The molecule has 2 aromatic rings. The molecule has 32 heavy (non-hydrogen) atoms. The lowest BCUT2D eigenvalue weighted by molar-refractivity contribution is -0.274. The Bertz CT molecular complexity index is 1070. The van der Waals surface area contributed by atoms with Crippen molar-refractivity contribution in [3.05, 3.63) is 59.1 Å². The van der Waals surface area contributed by atoms with Gasteiger partial charge in [0, 0.05) is 10.6 Å². The van der Waals surface area contributed by atoms with E-state index in [-0.39, 0.29) is 15.5 Å². The van der Waals surface area contributed by atoms with Crippen molar-refractivity contribution in [3.63, 3.8) is 0 Å². The molecule has 14 heteroatoms. The molecule has 1 atom stereocenters. The second kappa shape index (κ2) is 7.89. The maximum atomic E-state index is 13.9. The van der Waals surface area contributed by atoms with Gasteiger partial charge in [-0.25, -0.2) is 9.69 Å². The Morgan fingerprint density at radius 1 is 1.03 bits per heavy atom. The molecule has 4 amide bonds. The van der Waals surface area contributed by atoms with Crippen LogP contribution in [0.15, 0.2) is 48.5 Å². The van der Waals surface area contributed by atoms with Crippen LogP contribution in [0.3, 0.4) is 0 Å². The third-order valence-electron chi connectivity index (χ3n) is 4.16. The Balaban J connectivity index is 1.94. The molecule has 1 saturated heterocycles. The van der Waals surface area contributed by atoms with E-state index in [9.17, 15) is 40.7 Å². The summed E-state index contributed by atoms with van der Waals surface area (Å²) in [4.78, 5) is 37.3. The summed E-state index contributed by atoms with van der Waals surface area (Å²) in [6.07, 6.45) is -10.5. The first-order chi connectivity index (χ1) is 14.7. The molecule has 1 aliphatic rings. The Morgan fingerprint density at radius 2 is 1.66 bits per heavy atom. The van der Waals surface area contributed by atoms with Crippen molar-refractivity contribution in [2.75, 3.05) is 4.90 Å². The lowest BCUT2D eigenvalue weighted by atomic mass is 10.1. The predicted octanol–water partition coefficient (Wildman–Crippen LogP) is 3.98. The molecule has 0 aromatic heterocycles. The zero-order chi connectivity index (χ0) is 23.9. The van der Waals surface area contributed by atoms with Crippen molar-refractivity contribution in [3.8, 4) is 5.75 Å². The highest BCUT2D eigenvalue weighted by molar-refractivity contribution is 6.31. The van der Waals surface area contributed by atoms with Crippen LogP contribution in [0, 0.1) is 0 Å². The number of amides is 4. The van der Waals surface area contributed by atoms with Crippen LogP contribution in [0.4, 0.5) is 36.8 Å². The average Bonchev–Trinajstić information content (AvgIpc) is 2.92. The fourth-order valence-electron chi connectivity index (χ4n) is 2.78. The lowest BCUT2D eigenvalue weighted by Crippen LogP contribution is -2.69. The SMILES string of the molecule is O=C(NC1(C(F)(F)F)NC(=O)N(c2ccc(OC(F)(F)F)cc2)C1=O)c1cccc(Cl)c1. The number of imide groups is 1. The normalized spacial score (nSPS) is 19.0.